The molecule has 2 N–H and O–H groups in total. The first kappa shape index (κ1) is 14.6. The van der Waals surface area contributed by atoms with E-state index in [4.69, 9.17) is 23.2 Å². The van der Waals surface area contributed by atoms with E-state index in [2.05, 4.69) is 20.6 Å². The van der Waals surface area contributed by atoms with Gasteiger partial charge in [0.2, 0.25) is 0 Å². The van der Waals surface area contributed by atoms with Crippen LogP contribution in [0.4, 0.5) is 10.5 Å². The van der Waals surface area contributed by atoms with Gasteiger partial charge < -0.3 is 10.6 Å². The smallest absolute Gasteiger partial charge is 0.319 e. The molecule has 20 heavy (non-hydrogen) atoms. The number of aromatic nitrogens is 2. The minimum Gasteiger partial charge on any atom is -0.332 e. The number of rotatable bonds is 3. The van der Waals surface area contributed by atoms with Gasteiger partial charge in [0.1, 0.15) is 6.33 Å². The minimum absolute atomic E-state index is 0.316. The van der Waals surface area contributed by atoms with Crippen LogP contribution in [-0.4, -0.2) is 16.0 Å². The van der Waals surface area contributed by atoms with Crippen molar-refractivity contribution in [2.45, 2.75) is 13.5 Å². The van der Waals surface area contributed by atoms with Crippen molar-refractivity contribution in [1.29, 1.82) is 0 Å². The third-order valence-electron chi connectivity index (χ3n) is 2.47. The molecule has 0 atom stereocenters. The number of benzene rings is 1. The second-order valence-corrected chi connectivity index (χ2v) is 4.90. The van der Waals surface area contributed by atoms with Gasteiger partial charge in [0.25, 0.3) is 0 Å². The lowest BCUT2D eigenvalue weighted by atomic mass is 10.3. The molecule has 2 amide bonds. The van der Waals surface area contributed by atoms with Crippen LogP contribution in [0.25, 0.3) is 0 Å². The van der Waals surface area contributed by atoms with Crippen LogP contribution in [-0.2, 0) is 6.54 Å². The number of hydrogen-bond acceptors (Lipinski definition) is 3. The molecule has 0 aliphatic carbocycles. The molecular weight excluding hydrogens is 299 g/mol. The quantitative estimate of drug-likeness (QED) is 0.913. The normalized spacial score (nSPS) is 10.2. The van der Waals surface area contributed by atoms with Gasteiger partial charge in [-0.1, -0.05) is 23.2 Å². The van der Waals surface area contributed by atoms with E-state index in [-0.39, 0.29) is 6.03 Å². The van der Waals surface area contributed by atoms with Crippen molar-refractivity contribution in [3.05, 3.63) is 52.0 Å². The fourth-order valence-corrected chi connectivity index (χ4v) is 1.82. The summed E-state index contributed by atoms with van der Waals surface area (Å²) < 4.78 is 0. The third-order valence-corrected chi connectivity index (χ3v) is 3.21. The van der Waals surface area contributed by atoms with Crippen molar-refractivity contribution in [1.82, 2.24) is 15.3 Å². The highest BCUT2D eigenvalue weighted by atomic mass is 35.5. The fourth-order valence-electron chi connectivity index (χ4n) is 1.53. The number of halogens is 2. The van der Waals surface area contributed by atoms with Gasteiger partial charge in [-0.3, -0.25) is 0 Å². The maximum Gasteiger partial charge on any atom is 0.319 e. The summed E-state index contributed by atoms with van der Waals surface area (Å²) in [5.41, 5.74) is 2.15. The molecule has 2 aromatic rings. The highest BCUT2D eigenvalue weighted by Gasteiger charge is 2.04. The van der Waals surface area contributed by atoms with E-state index < -0.39 is 0 Å². The minimum atomic E-state index is -0.348. The lowest BCUT2D eigenvalue weighted by molar-refractivity contribution is 0.251. The van der Waals surface area contributed by atoms with Crippen molar-refractivity contribution in [3.63, 3.8) is 0 Å². The average Bonchev–Trinajstić information content (AvgIpc) is 2.41. The van der Waals surface area contributed by atoms with Crippen molar-refractivity contribution in [2.75, 3.05) is 5.32 Å². The first-order valence-electron chi connectivity index (χ1n) is 5.82. The van der Waals surface area contributed by atoms with Crippen LogP contribution in [0.2, 0.25) is 10.0 Å². The van der Waals surface area contributed by atoms with E-state index in [0.717, 1.165) is 11.4 Å². The Bertz CT molecular complexity index is 634. The number of hydrogen-bond donors (Lipinski definition) is 2. The second kappa shape index (κ2) is 6.54. The van der Waals surface area contributed by atoms with Gasteiger partial charge in [0.15, 0.2) is 0 Å². The summed E-state index contributed by atoms with van der Waals surface area (Å²) in [6, 6.07) is 6.33. The number of carbonyl (C=O) groups excluding carboxylic acids is 1. The SMILES string of the molecule is Cc1cc(CNC(=O)Nc2ccc(Cl)c(Cl)c2)ncn1. The molecule has 0 fully saturated rings. The van der Waals surface area contributed by atoms with Crippen molar-refractivity contribution >= 4 is 34.9 Å². The monoisotopic (exact) mass is 310 g/mol. The van der Waals surface area contributed by atoms with Crippen LogP contribution in [0.15, 0.2) is 30.6 Å². The van der Waals surface area contributed by atoms with Gasteiger partial charge in [-0.25, -0.2) is 14.8 Å². The Morgan fingerprint density at radius 2 is 2.00 bits per heavy atom. The summed E-state index contributed by atoms with van der Waals surface area (Å²) in [6.45, 7) is 2.18. The molecule has 7 heteroatoms. The van der Waals surface area contributed by atoms with Crippen LogP contribution in [0.1, 0.15) is 11.4 Å². The van der Waals surface area contributed by atoms with Crippen molar-refractivity contribution in [3.8, 4) is 0 Å². The van der Waals surface area contributed by atoms with E-state index in [9.17, 15) is 4.79 Å². The van der Waals surface area contributed by atoms with E-state index in [1.165, 1.54) is 6.33 Å². The topological polar surface area (TPSA) is 66.9 Å². The van der Waals surface area contributed by atoms with Crippen LogP contribution >= 0.6 is 23.2 Å². The average molecular weight is 311 g/mol. The number of urea groups is 1. The fraction of sp³-hybridized carbons (Fsp3) is 0.154. The Hall–Kier alpha value is -1.85. The summed E-state index contributed by atoms with van der Waals surface area (Å²) in [4.78, 5) is 19.8. The molecule has 0 aliphatic heterocycles. The first-order chi connectivity index (χ1) is 9.54. The zero-order chi connectivity index (χ0) is 14.5. The Morgan fingerprint density at radius 1 is 1.20 bits per heavy atom. The number of anilines is 1. The van der Waals surface area contributed by atoms with Crippen LogP contribution in [0, 0.1) is 6.92 Å². The first-order valence-corrected chi connectivity index (χ1v) is 6.57. The maximum absolute atomic E-state index is 11.7. The van der Waals surface area contributed by atoms with Crippen LogP contribution in [0.3, 0.4) is 0 Å². The Kier molecular flexibility index (Phi) is 4.76. The second-order valence-electron chi connectivity index (χ2n) is 4.09. The van der Waals surface area contributed by atoms with Crippen molar-refractivity contribution in [2.24, 2.45) is 0 Å². The molecule has 0 saturated carbocycles. The van der Waals surface area contributed by atoms with Crippen molar-refractivity contribution < 1.29 is 4.79 Å². The molecule has 0 spiro atoms. The number of nitrogens with zero attached hydrogens (tertiary/aromatic N) is 2. The highest BCUT2D eigenvalue weighted by molar-refractivity contribution is 6.42. The molecular formula is C13H12Cl2N4O. The Morgan fingerprint density at radius 3 is 2.70 bits per heavy atom. The van der Waals surface area contributed by atoms with Gasteiger partial charge in [0.05, 0.1) is 22.3 Å². The molecule has 1 heterocycles. The zero-order valence-corrected chi connectivity index (χ0v) is 12.2. The van der Waals surface area contributed by atoms with E-state index in [1.54, 1.807) is 24.3 Å². The lowest BCUT2D eigenvalue weighted by Crippen LogP contribution is -2.28. The Balaban J connectivity index is 1.91. The Labute approximate surface area is 126 Å². The number of aryl methyl sites for hydroxylation is 1. The van der Waals surface area contributed by atoms with Crippen LogP contribution in [0.5, 0.6) is 0 Å². The van der Waals surface area contributed by atoms with Gasteiger partial charge >= 0.3 is 6.03 Å². The standard InChI is InChI=1S/C13H12Cl2N4O/c1-8-4-10(18-7-17-8)6-16-13(20)19-9-2-3-11(14)12(15)5-9/h2-5,7H,6H2,1H3,(H2,16,19,20). The summed E-state index contributed by atoms with van der Waals surface area (Å²) in [5, 5.41) is 6.17. The molecule has 1 aromatic carbocycles. The zero-order valence-electron chi connectivity index (χ0n) is 10.7. The molecule has 0 radical (unpaired) electrons. The van der Waals surface area contributed by atoms with E-state index in [1.807, 2.05) is 6.92 Å². The molecule has 2 rings (SSSR count). The van der Waals surface area contributed by atoms with Gasteiger partial charge in [-0.15, -0.1) is 0 Å². The molecule has 0 bridgehead atoms. The molecule has 1 aromatic heterocycles. The molecule has 0 unspecified atom stereocenters. The predicted octanol–water partition coefficient (Wildman–Crippen LogP) is 3.41. The predicted molar refractivity (Wildman–Crippen MR) is 79.1 cm³/mol. The highest BCUT2D eigenvalue weighted by Crippen LogP contribution is 2.24. The maximum atomic E-state index is 11.7. The summed E-state index contributed by atoms with van der Waals surface area (Å²) in [7, 11) is 0. The van der Waals surface area contributed by atoms with E-state index >= 15 is 0 Å². The molecule has 5 nitrogen and oxygen atoms in total. The van der Waals surface area contributed by atoms with Gasteiger partial charge in [-0.05, 0) is 31.2 Å². The summed E-state index contributed by atoms with van der Waals surface area (Å²) >= 11 is 11.7. The number of nitrogens with one attached hydrogen (secondary N) is 2. The van der Waals surface area contributed by atoms with Crippen LogP contribution < -0.4 is 10.6 Å². The molecule has 0 aliphatic rings. The largest absolute Gasteiger partial charge is 0.332 e. The number of amides is 2. The molecule has 104 valence electrons. The summed E-state index contributed by atoms with van der Waals surface area (Å²) in [6.07, 6.45) is 1.46. The van der Waals surface area contributed by atoms with Gasteiger partial charge in [0, 0.05) is 11.4 Å². The summed E-state index contributed by atoms with van der Waals surface area (Å²) in [5.74, 6) is 0. The number of carbonyl (C=O) groups is 1. The van der Waals surface area contributed by atoms with E-state index in [0.29, 0.717) is 22.3 Å². The van der Waals surface area contributed by atoms with Gasteiger partial charge in [-0.2, -0.15) is 0 Å². The lowest BCUT2D eigenvalue weighted by Gasteiger charge is -2.08. The third kappa shape index (κ3) is 4.08. The molecule has 0 saturated heterocycles.